The summed E-state index contributed by atoms with van der Waals surface area (Å²) in [6, 6.07) is 14.4. The van der Waals surface area contributed by atoms with Crippen molar-refractivity contribution in [3.8, 4) is 0 Å². The van der Waals surface area contributed by atoms with E-state index in [1.165, 1.54) is 43.4 Å². The summed E-state index contributed by atoms with van der Waals surface area (Å²) in [7, 11) is 0. The Morgan fingerprint density at radius 3 is 1.81 bits per heavy atom. The summed E-state index contributed by atoms with van der Waals surface area (Å²) in [6.45, 7) is 1.84. The predicted octanol–water partition coefficient (Wildman–Crippen LogP) is 4.43. The molecule has 1 saturated carbocycles. The molecule has 0 radical (unpaired) electrons. The molecule has 0 saturated heterocycles. The summed E-state index contributed by atoms with van der Waals surface area (Å²) >= 11 is 1.29. The lowest BCUT2D eigenvalue weighted by Gasteiger charge is -2.03. The van der Waals surface area contributed by atoms with Crippen molar-refractivity contribution < 1.29 is 9.59 Å². The highest BCUT2D eigenvalue weighted by Crippen LogP contribution is 2.15. The van der Waals surface area contributed by atoms with E-state index in [9.17, 15) is 9.59 Å². The Bertz CT molecular complexity index is 1180. The molecule has 0 aromatic carbocycles. The van der Waals surface area contributed by atoms with Gasteiger partial charge >= 0.3 is 0 Å². The van der Waals surface area contributed by atoms with Gasteiger partial charge in [0.25, 0.3) is 0 Å². The number of pyridine rings is 2. The van der Waals surface area contributed by atoms with E-state index >= 15 is 0 Å². The van der Waals surface area contributed by atoms with E-state index in [2.05, 4.69) is 41.0 Å². The van der Waals surface area contributed by atoms with Crippen molar-refractivity contribution in [1.29, 1.82) is 0 Å². The molecule has 1 fully saturated rings. The van der Waals surface area contributed by atoms with Crippen molar-refractivity contribution >= 4 is 34.1 Å². The third kappa shape index (κ3) is 11.4. The molecule has 4 aromatic rings. The zero-order valence-corrected chi connectivity index (χ0v) is 21.5. The van der Waals surface area contributed by atoms with Gasteiger partial charge in [-0.15, -0.1) is 15.3 Å². The molecule has 4 aromatic heterocycles. The van der Waals surface area contributed by atoms with Gasteiger partial charge in [0.2, 0.25) is 16.9 Å². The van der Waals surface area contributed by atoms with E-state index in [1.807, 2.05) is 31.2 Å². The molecule has 1 aliphatic carbocycles. The summed E-state index contributed by atoms with van der Waals surface area (Å²) in [5.74, 6) is 0.170. The Labute approximate surface area is 220 Å². The largest absolute Gasteiger partial charge is 0.309 e. The first-order valence-corrected chi connectivity index (χ1v) is 12.9. The average Bonchev–Trinajstić information content (AvgIpc) is 3.65. The third-order valence-corrected chi connectivity index (χ3v) is 5.66. The number of anilines is 2. The van der Waals surface area contributed by atoms with Gasteiger partial charge < -0.3 is 10.6 Å². The van der Waals surface area contributed by atoms with E-state index < -0.39 is 0 Å². The summed E-state index contributed by atoms with van der Waals surface area (Å²) in [6.07, 6.45) is 11.3. The lowest BCUT2D eigenvalue weighted by molar-refractivity contribution is -0.116. The maximum absolute atomic E-state index is 11.6. The lowest BCUT2D eigenvalue weighted by Crippen LogP contribution is -2.16. The van der Waals surface area contributed by atoms with Crippen molar-refractivity contribution in [2.45, 2.75) is 51.9 Å². The van der Waals surface area contributed by atoms with Gasteiger partial charge in [-0.25, -0.2) is 0 Å². The van der Waals surface area contributed by atoms with Gasteiger partial charge in [-0.05, 0) is 43.3 Å². The standard InChI is InChI=1S/C12H12N4O.C9H8N4OS.C5H10/c1-9-5-6-11(16-15-9)14-12(17)8-10-4-2-3-7-13-10;14-8(12-9-13-11-6-15-9)5-7-3-1-2-4-10-7;1-2-4-5-3-1/h2-7H,8H2,1H3,(H,14,16,17);1-4,6H,5H2,(H,12,13,14);1-5H2. The molecule has 4 heterocycles. The first-order valence-electron chi connectivity index (χ1n) is 12.0. The predicted molar refractivity (Wildman–Crippen MR) is 143 cm³/mol. The second-order valence-corrected chi connectivity index (χ2v) is 9.00. The summed E-state index contributed by atoms with van der Waals surface area (Å²) in [5, 5.41) is 20.9. The number of aryl methyl sites for hydroxylation is 1. The molecular formula is C26H30N8O2S. The Balaban J connectivity index is 0.000000174. The molecule has 0 unspecified atom stereocenters. The number of hydrogen-bond donors (Lipinski definition) is 2. The van der Waals surface area contributed by atoms with Crippen molar-refractivity contribution in [2.24, 2.45) is 0 Å². The number of carbonyl (C=O) groups is 2. The minimum absolute atomic E-state index is 0.134. The summed E-state index contributed by atoms with van der Waals surface area (Å²) < 4.78 is 0. The molecule has 2 N–H and O–H groups in total. The van der Waals surface area contributed by atoms with Crippen molar-refractivity contribution in [3.63, 3.8) is 0 Å². The minimum Gasteiger partial charge on any atom is -0.309 e. The molecule has 5 rings (SSSR count). The van der Waals surface area contributed by atoms with Gasteiger partial charge in [-0.1, -0.05) is 55.6 Å². The fourth-order valence-electron chi connectivity index (χ4n) is 3.26. The van der Waals surface area contributed by atoms with Gasteiger partial charge in [-0.2, -0.15) is 5.10 Å². The minimum atomic E-state index is -0.151. The highest BCUT2D eigenvalue weighted by atomic mass is 32.1. The van der Waals surface area contributed by atoms with Gasteiger partial charge in [0.05, 0.1) is 18.5 Å². The Morgan fingerprint density at radius 2 is 1.35 bits per heavy atom. The molecule has 0 spiro atoms. The Hall–Kier alpha value is -4.12. The van der Waals surface area contributed by atoms with Crippen LogP contribution in [0.15, 0.2) is 66.4 Å². The monoisotopic (exact) mass is 518 g/mol. The second-order valence-electron chi connectivity index (χ2n) is 8.16. The van der Waals surface area contributed by atoms with Crippen LogP contribution >= 0.6 is 11.3 Å². The third-order valence-electron chi connectivity index (χ3n) is 5.06. The number of amides is 2. The van der Waals surface area contributed by atoms with Crippen LogP contribution < -0.4 is 10.6 Å². The fourth-order valence-corrected chi connectivity index (χ4v) is 3.72. The fraction of sp³-hybridized carbons (Fsp3) is 0.308. The highest BCUT2D eigenvalue weighted by Gasteiger charge is 2.07. The molecule has 192 valence electrons. The smallest absolute Gasteiger partial charge is 0.232 e. The van der Waals surface area contributed by atoms with Crippen molar-refractivity contribution in [3.05, 3.63) is 83.5 Å². The molecule has 37 heavy (non-hydrogen) atoms. The molecule has 2 amide bonds. The average molecular weight is 519 g/mol. The van der Waals surface area contributed by atoms with Gasteiger partial charge in [-0.3, -0.25) is 19.6 Å². The first-order chi connectivity index (χ1) is 18.1. The first kappa shape index (κ1) is 27.5. The summed E-state index contributed by atoms with van der Waals surface area (Å²) in [4.78, 5) is 31.2. The van der Waals surface area contributed by atoms with Crippen LogP contribution in [0.2, 0.25) is 0 Å². The van der Waals surface area contributed by atoms with E-state index in [1.54, 1.807) is 42.2 Å². The van der Waals surface area contributed by atoms with E-state index in [0.29, 0.717) is 10.9 Å². The molecular weight excluding hydrogens is 488 g/mol. The van der Waals surface area contributed by atoms with Gasteiger partial charge in [0, 0.05) is 23.8 Å². The Morgan fingerprint density at radius 1 is 0.757 bits per heavy atom. The Kier molecular flexibility index (Phi) is 11.7. The zero-order chi connectivity index (χ0) is 26.1. The number of nitrogens with one attached hydrogen (secondary N) is 2. The molecule has 10 nitrogen and oxygen atoms in total. The van der Waals surface area contributed by atoms with Crippen LogP contribution in [0.1, 0.15) is 49.2 Å². The second kappa shape index (κ2) is 15.8. The summed E-state index contributed by atoms with van der Waals surface area (Å²) in [5.41, 5.74) is 3.84. The topological polar surface area (TPSA) is 136 Å². The van der Waals surface area contributed by atoms with Crippen LogP contribution in [0, 0.1) is 6.92 Å². The normalized spacial score (nSPS) is 11.8. The van der Waals surface area contributed by atoms with Crippen molar-refractivity contribution in [2.75, 3.05) is 10.6 Å². The van der Waals surface area contributed by atoms with Crippen LogP contribution in [0.4, 0.5) is 10.9 Å². The SMILES string of the molecule is C1CCCC1.Cc1ccc(NC(=O)Cc2ccccn2)nn1.O=C(Cc1ccccn1)Nc1nncs1. The van der Waals surface area contributed by atoms with Crippen LogP contribution in [-0.2, 0) is 22.4 Å². The zero-order valence-electron chi connectivity index (χ0n) is 20.7. The molecule has 0 bridgehead atoms. The van der Waals surface area contributed by atoms with Crippen LogP contribution in [0.25, 0.3) is 0 Å². The van der Waals surface area contributed by atoms with E-state index in [4.69, 9.17) is 0 Å². The lowest BCUT2D eigenvalue weighted by atomic mass is 10.2. The van der Waals surface area contributed by atoms with Crippen LogP contribution in [0.3, 0.4) is 0 Å². The van der Waals surface area contributed by atoms with Crippen LogP contribution in [-0.4, -0.2) is 42.2 Å². The number of rotatable bonds is 6. The number of carbonyl (C=O) groups excluding carboxylic acids is 2. The van der Waals surface area contributed by atoms with Crippen molar-refractivity contribution in [1.82, 2.24) is 30.4 Å². The van der Waals surface area contributed by atoms with Gasteiger partial charge in [0.1, 0.15) is 5.51 Å². The number of aromatic nitrogens is 6. The molecule has 1 aliphatic rings. The van der Waals surface area contributed by atoms with Crippen LogP contribution in [0.5, 0.6) is 0 Å². The highest BCUT2D eigenvalue weighted by molar-refractivity contribution is 7.13. The van der Waals surface area contributed by atoms with Gasteiger partial charge in [0.15, 0.2) is 5.82 Å². The number of nitrogens with zero attached hydrogens (tertiary/aromatic N) is 6. The van der Waals surface area contributed by atoms with E-state index in [-0.39, 0.29) is 24.7 Å². The maximum atomic E-state index is 11.6. The van der Waals surface area contributed by atoms with E-state index in [0.717, 1.165) is 17.1 Å². The molecule has 11 heteroatoms. The number of hydrogen-bond acceptors (Lipinski definition) is 9. The molecule has 0 atom stereocenters. The maximum Gasteiger partial charge on any atom is 0.232 e. The molecule has 0 aliphatic heterocycles. The quantitative estimate of drug-likeness (QED) is 0.383.